The highest BCUT2D eigenvalue weighted by molar-refractivity contribution is 5.28. The van der Waals surface area contributed by atoms with Gasteiger partial charge < -0.3 is 5.32 Å². The Morgan fingerprint density at radius 2 is 1.86 bits per heavy atom. The summed E-state index contributed by atoms with van der Waals surface area (Å²) < 4.78 is 0. The number of nitrogens with zero attached hydrogens (tertiary/aromatic N) is 1. The maximum atomic E-state index is 3.59. The molecule has 1 heterocycles. The molecule has 2 unspecified atom stereocenters. The van der Waals surface area contributed by atoms with Gasteiger partial charge in [0, 0.05) is 19.1 Å². The molecular formula is C19H30N2. The Labute approximate surface area is 129 Å². The van der Waals surface area contributed by atoms with E-state index in [1.165, 1.54) is 58.0 Å². The maximum absolute atomic E-state index is 3.59. The first-order valence-corrected chi connectivity index (χ1v) is 8.83. The van der Waals surface area contributed by atoms with Crippen LogP contribution in [0.25, 0.3) is 0 Å². The van der Waals surface area contributed by atoms with Crippen molar-refractivity contribution in [1.82, 2.24) is 10.2 Å². The quantitative estimate of drug-likeness (QED) is 0.854. The number of benzene rings is 1. The summed E-state index contributed by atoms with van der Waals surface area (Å²) in [4.78, 5) is 2.71. The number of hydrogen-bond donors (Lipinski definition) is 1. The van der Waals surface area contributed by atoms with E-state index < -0.39 is 0 Å². The molecule has 116 valence electrons. The van der Waals surface area contributed by atoms with Crippen molar-refractivity contribution in [2.24, 2.45) is 5.92 Å². The van der Waals surface area contributed by atoms with Crippen molar-refractivity contribution >= 4 is 0 Å². The van der Waals surface area contributed by atoms with E-state index in [0.717, 1.165) is 18.5 Å². The second-order valence-electron chi connectivity index (χ2n) is 6.90. The molecule has 2 heteroatoms. The van der Waals surface area contributed by atoms with Crippen LogP contribution >= 0.6 is 0 Å². The molecule has 0 spiro atoms. The average molecular weight is 286 g/mol. The summed E-state index contributed by atoms with van der Waals surface area (Å²) in [5.74, 6) is 0.836. The van der Waals surface area contributed by atoms with E-state index in [2.05, 4.69) is 41.5 Å². The highest BCUT2D eigenvalue weighted by Gasteiger charge is 2.25. The normalized spacial score (nSPS) is 27.7. The lowest BCUT2D eigenvalue weighted by Crippen LogP contribution is -2.40. The zero-order chi connectivity index (χ0) is 14.5. The van der Waals surface area contributed by atoms with Crippen molar-refractivity contribution in [2.75, 3.05) is 20.1 Å². The molecule has 1 N–H and O–H groups in total. The first-order chi connectivity index (χ1) is 10.4. The lowest BCUT2D eigenvalue weighted by atomic mass is 9.94. The zero-order valence-electron chi connectivity index (χ0n) is 13.5. The van der Waals surface area contributed by atoms with E-state index in [4.69, 9.17) is 0 Å². The fourth-order valence-electron chi connectivity index (χ4n) is 4.24. The largest absolute Gasteiger partial charge is 0.317 e. The van der Waals surface area contributed by atoms with Crippen LogP contribution in [0.4, 0.5) is 0 Å². The predicted molar refractivity (Wildman–Crippen MR) is 89.5 cm³/mol. The molecule has 0 aromatic heterocycles. The van der Waals surface area contributed by atoms with Gasteiger partial charge in [0.25, 0.3) is 0 Å². The number of hydrogen-bond acceptors (Lipinski definition) is 2. The average Bonchev–Trinajstić information content (AvgIpc) is 2.85. The van der Waals surface area contributed by atoms with Crippen molar-refractivity contribution in [2.45, 2.75) is 57.5 Å². The van der Waals surface area contributed by atoms with Gasteiger partial charge in [-0.05, 0) is 56.3 Å². The third kappa shape index (κ3) is 3.87. The Hall–Kier alpha value is -0.860. The fraction of sp³-hybridized carbons (Fsp3) is 0.684. The highest BCUT2D eigenvalue weighted by atomic mass is 15.1. The fourth-order valence-corrected chi connectivity index (χ4v) is 4.24. The maximum Gasteiger partial charge on any atom is 0.0236 e. The van der Waals surface area contributed by atoms with Crippen molar-refractivity contribution < 1.29 is 0 Å². The minimum absolute atomic E-state index is 0.728. The van der Waals surface area contributed by atoms with E-state index >= 15 is 0 Å². The van der Waals surface area contributed by atoms with Gasteiger partial charge in [0.1, 0.15) is 0 Å². The Balaban J connectivity index is 1.66. The second kappa shape index (κ2) is 7.42. The summed E-state index contributed by atoms with van der Waals surface area (Å²) in [6.07, 6.45) is 9.60. The highest BCUT2D eigenvalue weighted by Crippen LogP contribution is 2.26. The van der Waals surface area contributed by atoms with Crippen LogP contribution in [0.2, 0.25) is 0 Å². The molecule has 1 aromatic rings. The van der Waals surface area contributed by atoms with Crippen LogP contribution in [0.15, 0.2) is 24.3 Å². The molecule has 0 amide bonds. The van der Waals surface area contributed by atoms with E-state index in [1.807, 2.05) is 0 Å². The standard InChI is InChI=1S/C19H30N2/c1-20-19-12-4-2-3-10-18(19)15-21-13-7-11-16-8-5-6-9-17(16)14-21/h5-6,8-9,18-20H,2-4,7,10-15H2,1H3. The van der Waals surface area contributed by atoms with Crippen molar-refractivity contribution in [3.63, 3.8) is 0 Å². The Morgan fingerprint density at radius 3 is 2.71 bits per heavy atom. The molecule has 0 saturated heterocycles. The third-order valence-electron chi connectivity index (χ3n) is 5.46. The summed E-state index contributed by atoms with van der Waals surface area (Å²) >= 11 is 0. The summed E-state index contributed by atoms with van der Waals surface area (Å²) in [6.45, 7) is 3.70. The summed E-state index contributed by atoms with van der Waals surface area (Å²) in [5, 5.41) is 3.59. The molecule has 1 saturated carbocycles. The molecule has 1 aliphatic heterocycles. The van der Waals surface area contributed by atoms with Crippen LogP contribution in [0.5, 0.6) is 0 Å². The summed E-state index contributed by atoms with van der Waals surface area (Å²) in [7, 11) is 2.15. The minimum atomic E-state index is 0.728. The molecule has 21 heavy (non-hydrogen) atoms. The number of rotatable bonds is 3. The van der Waals surface area contributed by atoms with Gasteiger partial charge in [-0.2, -0.15) is 0 Å². The molecule has 0 bridgehead atoms. The predicted octanol–water partition coefficient (Wildman–Crippen LogP) is 3.60. The van der Waals surface area contributed by atoms with Gasteiger partial charge in [-0.15, -0.1) is 0 Å². The van der Waals surface area contributed by atoms with Crippen LogP contribution in [0, 0.1) is 5.92 Å². The van der Waals surface area contributed by atoms with Crippen LogP contribution in [0.3, 0.4) is 0 Å². The molecule has 2 aliphatic rings. The number of aryl methyl sites for hydroxylation is 1. The van der Waals surface area contributed by atoms with Crippen LogP contribution in [-0.2, 0) is 13.0 Å². The smallest absolute Gasteiger partial charge is 0.0236 e. The van der Waals surface area contributed by atoms with E-state index in [0.29, 0.717) is 0 Å². The van der Waals surface area contributed by atoms with Gasteiger partial charge in [0.15, 0.2) is 0 Å². The Bertz CT molecular complexity index is 443. The van der Waals surface area contributed by atoms with Crippen LogP contribution in [0.1, 0.15) is 49.7 Å². The third-order valence-corrected chi connectivity index (χ3v) is 5.46. The summed E-state index contributed by atoms with van der Waals surface area (Å²) in [5.41, 5.74) is 3.13. The van der Waals surface area contributed by atoms with Gasteiger partial charge in [0.2, 0.25) is 0 Å². The number of nitrogens with one attached hydrogen (secondary N) is 1. The first-order valence-electron chi connectivity index (χ1n) is 8.83. The molecule has 3 rings (SSSR count). The van der Waals surface area contributed by atoms with Crippen molar-refractivity contribution in [1.29, 1.82) is 0 Å². The van der Waals surface area contributed by atoms with E-state index in [9.17, 15) is 0 Å². The molecule has 1 aliphatic carbocycles. The van der Waals surface area contributed by atoms with Gasteiger partial charge in [-0.3, -0.25) is 4.90 Å². The molecule has 2 atom stereocenters. The molecule has 2 nitrogen and oxygen atoms in total. The SMILES string of the molecule is CNC1CCCCCC1CN1CCCc2ccccc2C1. The van der Waals surface area contributed by atoms with Gasteiger partial charge in [0.05, 0.1) is 0 Å². The van der Waals surface area contributed by atoms with Gasteiger partial charge in [-0.25, -0.2) is 0 Å². The summed E-state index contributed by atoms with van der Waals surface area (Å²) in [6, 6.07) is 9.77. The van der Waals surface area contributed by atoms with Crippen LogP contribution < -0.4 is 5.32 Å². The first kappa shape index (κ1) is 15.1. The van der Waals surface area contributed by atoms with E-state index in [1.54, 1.807) is 11.1 Å². The van der Waals surface area contributed by atoms with Gasteiger partial charge in [-0.1, -0.05) is 43.5 Å². The topological polar surface area (TPSA) is 15.3 Å². The minimum Gasteiger partial charge on any atom is -0.317 e. The Kier molecular flexibility index (Phi) is 5.32. The van der Waals surface area contributed by atoms with Crippen molar-refractivity contribution in [3.8, 4) is 0 Å². The van der Waals surface area contributed by atoms with Gasteiger partial charge >= 0.3 is 0 Å². The lowest BCUT2D eigenvalue weighted by Gasteiger charge is -2.31. The molecule has 0 radical (unpaired) electrons. The number of fused-ring (bicyclic) bond motifs is 1. The Morgan fingerprint density at radius 1 is 1.05 bits per heavy atom. The van der Waals surface area contributed by atoms with E-state index in [-0.39, 0.29) is 0 Å². The zero-order valence-corrected chi connectivity index (χ0v) is 13.5. The lowest BCUT2D eigenvalue weighted by molar-refractivity contribution is 0.192. The molecule has 1 fully saturated rings. The molecule has 1 aromatic carbocycles. The van der Waals surface area contributed by atoms with Crippen molar-refractivity contribution in [3.05, 3.63) is 35.4 Å². The monoisotopic (exact) mass is 286 g/mol. The van der Waals surface area contributed by atoms with Crippen LogP contribution in [-0.4, -0.2) is 31.1 Å². The second-order valence-corrected chi connectivity index (χ2v) is 6.90. The molecular weight excluding hydrogens is 256 g/mol.